The normalized spacial score (nSPS) is 15.1. The molecule has 1 fully saturated rings. The third-order valence-corrected chi connectivity index (χ3v) is 3.90. The maximum Gasteiger partial charge on any atom is 0.407 e. The van der Waals surface area contributed by atoms with Crippen molar-refractivity contribution in [3.8, 4) is 0 Å². The Morgan fingerprint density at radius 2 is 2.18 bits per heavy atom. The first kappa shape index (κ1) is 15.2. The molecule has 2 aromatic rings. The number of imidazole rings is 1. The molecular formula is C16H20ClN3O2. The number of fused-ring (bicyclic) bond motifs is 1. The number of halogens is 1. The molecule has 3 rings (SSSR count). The van der Waals surface area contributed by atoms with Gasteiger partial charge in [-0.1, -0.05) is 17.7 Å². The number of nitrogens with zero attached hydrogens (tertiary/aromatic N) is 2. The van der Waals surface area contributed by atoms with E-state index in [-0.39, 0.29) is 6.54 Å². The number of pyridine rings is 1. The minimum absolute atomic E-state index is 0.244. The molecule has 0 radical (unpaired) electrons. The van der Waals surface area contributed by atoms with E-state index in [2.05, 4.69) is 16.4 Å². The molecule has 5 nitrogen and oxygen atoms in total. The molecule has 1 saturated carbocycles. The molecule has 1 amide bonds. The average molecular weight is 322 g/mol. The van der Waals surface area contributed by atoms with Crippen molar-refractivity contribution in [3.63, 3.8) is 0 Å². The molecule has 2 aromatic heterocycles. The van der Waals surface area contributed by atoms with Crippen LogP contribution in [0.4, 0.5) is 4.79 Å². The van der Waals surface area contributed by atoms with Gasteiger partial charge in [-0.2, -0.15) is 0 Å². The van der Waals surface area contributed by atoms with Crippen LogP contribution in [0.25, 0.3) is 5.65 Å². The summed E-state index contributed by atoms with van der Waals surface area (Å²) in [4.78, 5) is 16.2. The molecule has 0 atom stereocenters. The monoisotopic (exact) mass is 321 g/mol. The molecule has 1 aliphatic carbocycles. The van der Waals surface area contributed by atoms with E-state index in [0.29, 0.717) is 16.8 Å². The Morgan fingerprint density at radius 1 is 1.45 bits per heavy atom. The van der Waals surface area contributed by atoms with E-state index in [1.807, 2.05) is 37.4 Å². The topological polar surface area (TPSA) is 55.6 Å². The summed E-state index contributed by atoms with van der Waals surface area (Å²) in [6.45, 7) is 5.71. The number of hydrogen-bond donors (Lipinski definition) is 1. The van der Waals surface area contributed by atoms with Crippen molar-refractivity contribution in [2.45, 2.75) is 51.7 Å². The number of carbonyl (C=O) groups excluding carboxylic acids is 1. The lowest BCUT2D eigenvalue weighted by Crippen LogP contribution is -2.32. The lowest BCUT2D eigenvalue weighted by atomic mass is 10.2. The van der Waals surface area contributed by atoms with Crippen LogP contribution >= 0.6 is 11.6 Å². The van der Waals surface area contributed by atoms with Gasteiger partial charge in [-0.15, -0.1) is 0 Å². The van der Waals surface area contributed by atoms with Crippen LogP contribution in [0.3, 0.4) is 0 Å². The van der Waals surface area contributed by atoms with Gasteiger partial charge in [-0.25, -0.2) is 9.78 Å². The number of amides is 1. The maximum absolute atomic E-state index is 11.7. The Kier molecular flexibility index (Phi) is 3.77. The molecular weight excluding hydrogens is 302 g/mol. The van der Waals surface area contributed by atoms with Gasteiger partial charge >= 0.3 is 6.09 Å². The Bertz CT molecular complexity index is 714. The summed E-state index contributed by atoms with van der Waals surface area (Å²) >= 11 is 6.38. The van der Waals surface area contributed by atoms with E-state index in [0.717, 1.165) is 5.65 Å². The van der Waals surface area contributed by atoms with Crippen molar-refractivity contribution in [2.24, 2.45) is 0 Å². The van der Waals surface area contributed by atoms with Crippen LogP contribution in [0.15, 0.2) is 18.3 Å². The van der Waals surface area contributed by atoms with Crippen LogP contribution in [0, 0.1) is 0 Å². The molecule has 1 N–H and O–H groups in total. The molecule has 22 heavy (non-hydrogen) atoms. The summed E-state index contributed by atoms with van der Waals surface area (Å²) in [5.74, 6) is 0.659. The third-order valence-electron chi connectivity index (χ3n) is 3.50. The van der Waals surface area contributed by atoms with Crippen molar-refractivity contribution in [1.82, 2.24) is 14.7 Å². The Labute approximate surface area is 134 Å². The number of rotatable bonds is 3. The minimum Gasteiger partial charge on any atom is -0.444 e. The van der Waals surface area contributed by atoms with E-state index in [1.54, 1.807) is 0 Å². The van der Waals surface area contributed by atoms with Crippen molar-refractivity contribution in [1.29, 1.82) is 0 Å². The maximum atomic E-state index is 11.7. The lowest BCUT2D eigenvalue weighted by molar-refractivity contribution is 0.0523. The van der Waals surface area contributed by atoms with Gasteiger partial charge in [0, 0.05) is 6.20 Å². The second-order valence-electron chi connectivity index (χ2n) is 6.67. The highest BCUT2D eigenvalue weighted by atomic mass is 35.5. The Balaban J connectivity index is 1.74. The van der Waals surface area contributed by atoms with Crippen LogP contribution in [-0.4, -0.2) is 21.1 Å². The Morgan fingerprint density at radius 3 is 2.82 bits per heavy atom. The smallest absolute Gasteiger partial charge is 0.407 e. The second kappa shape index (κ2) is 5.47. The second-order valence-corrected chi connectivity index (χ2v) is 7.03. The van der Waals surface area contributed by atoms with Crippen LogP contribution in [0.5, 0.6) is 0 Å². The van der Waals surface area contributed by atoms with Gasteiger partial charge in [0.05, 0.1) is 12.2 Å². The van der Waals surface area contributed by atoms with Crippen molar-refractivity contribution in [3.05, 3.63) is 34.7 Å². The first-order chi connectivity index (χ1) is 10.3. The quantitative estimate of drug-likeness (QED) is 0.933. The number of ether oxygens (including phenoxy) is 1. The first-order valence-corrected chi connectivity index (χ1v) is 7.84. The molecule has 0 spiro atoms. The SMILES string of the molecule is CC(C)(C)OC(=O)NCc1nc2ccc(C3CC3)cn2c1Cl. The summed E-state index contributed by atoms with van der Waals surface area (Å²) in [7, 11) is 0. The zero-order valence-electron chi connectivity index (χ0n) is 13.0. The lowest BCUT2D eigenvalue weighted by Gasteiger charge is -2.19. The molecule has 2 heterocycles. The number of aromatic nitrogens is 2. The third kappa shape index (κ3) is 3.35. The van der Waals surface area contributed by atoms with Crippen LogP contribution in [0.1, 0.15) is 50.8 Å². The highest BCUT2D eigenvalue weighted by Gasteiger charge is 2.24. The van der Waals surface area contributed by atoms with Gasteiger partial charge in [0.1, 0.15) is 16.4 Å². The largest absolute Gasteiger partial charge is 0.444 e. The fraction of sp³-hybridized carbons (Fsp3) is 0.500. The predicted molar refractivity (Wildman–Crippen MR) is 85.3 cm³/mol. The summed E-state index contributed by atoms with van der Waals surface area (Å²) in [6, 6.07) is 4.07. The van der Waals surface area contributed by atoms with Gasteiger partial charge in [0.2, 0.25) is 0 Å². The van der Waals surface area contributed by atoms with Gasteiger partial charge in [0.15, 0.2) is 0 Å². The highest BCUT2D eigenvalue weighted by Crippen LogP contribution is 2.40. The fourth-order valence-electron chi connectivity index (χ4n) is 2.32. The Hall–Kier alpha value is -1.75. The van der Waals surface area contributed by atoms with Crippen LogP contribution < -0.4 is 5.32 Å². The molecule has 6 heteroatoms. The van der Waals surface area contributed by atoms with Crippen LogP contribution in [-0.2, 0) is 11.3 Å². The van der Waals surface area contributed by atoms with Gasteiger partial charge in [-0.3, -0.25) is 4.40 Å². The standard InChI is InChI=1S/C16H20ClN3O2/c1-16(2,3)22-15(21)18-8-12-14(17)20-9-11(10-4-5-10)6-7-13(20)19-12/h6-7,9-10H,4-5,8H2,1-3H3,(H,18,21). The fourth-order valence-corrected chi connectivity index (χ4v) is 2.57. The number of hydrogen-bond acceptors (Lipinski definition) is 3. The zero-order chi connectivity index (χ0) is 15.9. The van der Waals surface area contributed by atoms with E-state index in [4.69, 9.17) is 16.3 Å². The van der Waals surface area contributed by atoms with E-state index in [9.17, 15) is 4.79 Å². The number of alkyl carbamates (subject to hydrolysis) is 1. The minimum atomic E-state index is -0.522. The highest BCUT2D eigenvalue weighted by molar-refractivity contribution is 6.30. The summed E-state index contributed by atoms with van der Waals surface area (Å²) < 4.78 is 7.08. The molecule has 0 aromatic carbocycles. The van der Waals surface area contributed by atoms with Crippen molar-refractivity contribution >= 4 is 23.3 Å². The summed E-state index contributed by atoms with van der Waals surface area (Å²) in [5, 5.41) is 3.22. The molecule has 0 aliphatic heterocycles. The number of nitrogens with one attached hydrogen (secondary N) is 1. The van der Waals surface area contributed by atoms with Crippen molar-refractivity contribution < 1.29 is 9.53 Å². The summed E-state index contributed by atoms with van der Waals surface area (Å²) in [5.41, 5.74) is 2.20. The van der Waals surface area contributed by atoms with E-state index >= 15 is 0 Å². The van der Waals surface area contributed by atoms with E-state index in [1.165, 1.54) is 18.4 Å². The predicted octanol–water partition coefficient (Wildman–Crippen LogP) is 3.89. The number of carbonyl (C=O) groups is 1. The molecule has 118 valence electrons. The molecule has 1 aliphatic rings. The molecule has 0 unspecified atom stereocenters. The van der Waals surface area contributed by atoms with Gasteiger partial charge in [-0.05, 0) is 51.2 Å². The zero-order valence-corrected chi connectivity index (χ0v) is 13.8. The van der Waals surface area contributed by atoms with Gasteiger partial charge < -0.3 is 10.1 Å². The molecule has 0 saturated heterocycles. The van der Waals surface area contributed by atoms with E-state index < -0.39 is 11.7 Å². The van der Waals surface area contributed by atoms with Gasteiger partial charge in [0.25, 0.3) is 0 Å². The molecule has 0 bridgehead atoms. The van der Waals surface area contributed by atoms with Crippen molar-refractivity contribution in [2.75, 3.05) is 0 Å². The van der Waals surface area contributed by atoms with Crippen LogP contribution in [0.2, 0.25) is 5.15 Å². The first-order valence-electron chi connectivity index (χ1n) is 7.47. The average Bonchev–Trinajstić information content (AvgIpc) is 3.21. The summed E-state index contributed by atoms with van der Waals surface area (Å²) in [6.07, 6.45) is 4.05.